The van der Waals surface area contributed by atoms with Gasteiger partial charge in [-0.15, -0.1) is 0 Å². The molecular formula is C27H33NO4. The third-order valence-corrected chi connectivity index (χ3v) is 7.02. The highest BCUT2D eigenvalue weighted by atomic mass is 16.5. The molecule has 0 aliphatic heterocycles. The summed E-state index contributed by atoms with van der Waals surface area (Å²) >= 11 is 0. The van der Waals surface area contributed by atoms with Gasteiger partial charge < -0.3 is 19.4 Å². The Labute approximate surface area is 190 Å². The lowest BCUT2D eigenvalue weighted by atomic mass is 9.71. The first-order valence-corrected chi connectivity index (χ1v) is 11.5. The average Bonchev–Trinajstić information content (AvgIpc) is 3.29. The third kappa shape index (κ3) is 4.32. The Morgan fingerprint density at radius 3 is 2.56 bits per heavy atom. The van der Waals surface area contributed by atoms with Crippen LogP contribution < -0.4 is 4.74 Å². The SMILES string of the molecule is CC[C@H](C(O)O)[C@@]1(C)CCc2cc(OCCc3nc(-c4ccc(C)cc4)oc3C)ccc21. The lowest BCUT2D eigenvalue weighted by Crippen LogP contribution is -2.37. The molecule has 0 radical (unpaired) electrons. The van der Waals surface area contributed by atoms with Crippen LogP contribution >= 0.6 is 0 Å². The molecule has 3 aromatic rings. The zero-order valence-corrected chi connectivity index (χ0v) is 19.4. The maximum absolute atomic E-state index is 9.87. The van der Waals surface area contributed by atoms with E-state index < -0.39 is 6.29 Å². The van der Waals surface area contributed by atoms with Crippen LogP contribution in [0.1, 0.15) is 54.8 Å². The molecule has 0 fully saturated rings. The molecule has 0 bridgehead atoms. The van der Waals surface area contributed by atoms with Crippen LogP contribution in [0.4, 0.5) is 0 Å². The van der Waals surface area contributed by atoms with Gasteiger partial charge in [0.2, 0.25) is 5.89 Å². The van der Waals surface area contributed by atoms with Crippen molar-refractivity contribution in [3.63, 3.8) is 0 Å². The van der Waals surface area contributed by atoms with Crippen molar-refractivity contribution < 1.29 is 19.4 Å². The van der Waals surface area contributed by atoms with E-state index in [1.54, 1.807) is 0 Å². The van der Waals surface area contributed by atoms with Crippen LogP contribution in [-0.2, 0) is 18.3 Å². The Hall–Kier alpha value is -2.63. The van der Waals surface area contributed by atoms with Gasteiger partial charge in [-0.2, -0.15) is 0 Å². The number of hydrogen-bond donors (Lipinski definition) is 2. The minimum atomic E-state index is -1.30. The number of aliphatic hydroxyl groups excluding tert-OH is 1. The fraction of sp³-hybridized carbons (Fsp3) is 0.444. The molecule has 2 aromatic carbocycles. The smallest absolute Gasteiger partial charge is 0.226 e. The fourth-order valence-corrected chi connectivity index (χ4v) is 5.07. The number of ether oxygens (including phenoxy) is 1. The third-order valence-electron chi connectivity index (χ3n) is 7.02. The number of aliphatic hydroxyl groups is 2. The minimum absolute atomic E-state index is 0.173. The van der Waals surface area contributed by atoms with Crippen molar-refractivity contribution >= 4 is 0 Å². The van der Waals surface area contributed by atoms with E-state index in [4.69, 9.17) is 9.15 Å². The number of rotatable bonds is 8. The second-order valence-corrected chi connectivity index (χ2v) is 9.15. The summed E-state index contributed by atoms with van der Waals surface area (Å²) in [4.78, 5) is 4.67. The standard InChI is InChI=1S/C27H33NO4/c1-5-22(26(29)30)27(4)14-12-20-16-21(10-11-23(20)27)31-15-13-24-18(3)32-25(28-24)19-8-6-17(2)7-9-19/h6-11,16,22,26,29-30H,5,12-15H2,1-4H3/t22-,27-/m1/s1. The van der Waals surface area contributed by atoms with E-state index in [0.717, 1.165) is 42.0 Å². The van der Waals surface area contributed by atoms with Gasteiger partial charge in [-0.3, -0.25) is 0 Å². The van der Waals surface area contributed by atoms with E-state index in [-0.39, 0.29) is 11.3 Å². The molecule has 1 aromatic heterocycles. The van der Waals surface area contributed by atoms with Gasteiger partial charge in [0.1, 0.15) is 11.5 Å². The average molecular weight is 436 g/mol. The molecule has 1 heterocycles. The number of fused-ring (bicyclic) bond motifs is 1. The minimum Gasteiger partial charge on any atom is -0.493 e. The van der Waals surface area contributed by atoms with Crippen LogP contribution in [0.25, 0.3) is 11.5 Å². The quantitative estimate of drug-likeness (QED) is 0.480. The van der Waals surface area contributed by atoms with Gasteiger partial charge in [0.25, 0.3) is 0 Å². The molecule has 4 rings (SSSR count). The second-order valence-electron chi connectivity index (χ2n) is 9.15. The molecule has 0 spiro atoms. The van der Waals surface area contributed by atoms with Crippen LogP contribution in [0.3, 0.4) is 0 Å². The van der Waals surface area contributed by atoms with Gasteiger partial charge in [0.05, 0.1) is 12.3 Å². The molecule has 170 valence electrons. The van der Waals surface area contributed by atoms with Crippen molar-refractivity contribution in [2.45, 2.75) is 65.1 Å². The van der Waals surface area contributed by atoms with E-state index in [0.29, 0.717) is 18.9 Å². The first kappa shape index (κ1) is 22.6. The summed E-state index contributed by atoms with van der Waals surface area (Å²) in [6, 6.07) is 14.4. The molecule has 2 N–H and O–H groups in total. The van der Waals surface area contributed by atoms with E-state index in [1.165, 1.54) is 16.7 Å². The van der Waals surface area contributed by atoms with Crippen molar-refractivity contribution in [3.05, 3.63) is 70.6 Å². The summed E-state index contributed by atoms with van der Waals surface area (Å²) in [5, 5.41) is 19.7. The molecule has 1 aliphatic carbocycles. The molecule has 5 heteroatoms. The number of benzene rings is 2. The maximum Gasteiger partial charge on any atom is 0.226 e. The summed E-state index contributed by atoms with van der Waals surface area (Å²) in [7, 11) is 0. The van der Waals surface area contributed by atoms with Crippen molar-refractivity contribution in [2.75, 3.05) is 6.61 Å². The van der Waals surface area contributed by atoms with Crippen molar-refractivity contribution in [3.8, 4) is 17.2 Å². The monoisotopic (exact) mass is 435 g/mol. The lowest BCUT2D eigenvalue weighted by Gasteiger charge is -2.36. The number of hydrogen-bond acceptors (Lipinski definition) is 5. The zero-order valence-electron chi connectivity index (χ0n) is 19.4. The summed E-state index contributed by atoms with van der Waals surface area (Å²) < 4.78 is 11.9. The van der Waals surface area contributed by atoms with Crippen LogP contribution in [0.5, 0.6) is 5.75 Å². The topological polar surface area (TPSA) is 75.7 Å². The molecule has 0 unspecified atom stereocenters. The van der Waals surface area contributed by atoms with Gasteiger partial charge in [0.15, 0.2) is 6.29 Å². The summed E-state index contributed by atoms with van der Waals surface area (Å²) in [5.74, 6) is 2.13. The Kier molecular flexibility index (Phi) is 6.40. The molecule has 32 heavy (non-hydrogen) atoms. The largest absolute Gasteiger partial charge is 0.493 e. The molecule has 1 aliphatic rings. The second kappa shape index (κ2) is 9.08. The van der Waals surface area contributed by atoms with E-state index >= 15 is 0 Å². The van der Waals surface area contributed by atoms with Crippen molar-refractivity contribution in [1.29, 1.82) is 0 Å². The predicted octanol–water partition coefficient (Wildman–Crippen LogP) is 5.12. The molecule has 0 saturated carbocycles. The number of nitrogens with zero attached hydrogens (tertiary/aromatic N) is 1. The van der Waals surface area contributed by atoms with Gasteiger partial charge in [-0.05, 0) is 68.5 Å². The van der Waals surface area contributed by atoms with Gasteiger partial charge in [-0.1, -0.05) is 37.6 Å². The molecule has 2 atom stereocenters. The van der Waals surface area contributed by atoms with E-state index in [1.807, 2.05) is 32.0 Å². The van der Waals surface area contributed by atoms with Gasteiger partial charge >= 0.3 is 0 Å². The first-order chi connectivity index (χ1) is 15.3. The Morgan fingerprint density at radius 1 is 1.12 bits per heavy atom. The normalized spacial score (nSPS) is 18.7. The molecule has 0 amide bonds. The highest BCUT2D eigenvalue weighted by molar-refractivity contribution is 5.54. The Balaban J connectivity index is 1.41. The van der Waals surface area contributed by atoms with Crippen LogP contribution in [-0.4, -0.2) is 28.1 Å². The fourth-order valence-electron chi connectivity index (χ4n) is 5.07. The number of oxazole rings is 1. The summed E-state index contributed by atoms with van der Waals surface area (Å²) in [6.45, 7) is 8.68. The molecule has 5 nitrogen and oxygen atoms in total. The number of aryl methyl sites for hydroxylation is 3. The zero-order chi connectivity index (χ0) is 22.9. The van der Waals surface area contributed by atoms with Crippen molar-refractivity contribution in [1.82, 2.24) is 4.98 Å². The molecule has 0 saturated heterocycles. The van der Waals surface area contributed by atoms with Crippen molar-refractivity contribution in [2.24, 2.45) is 5.92 Å². The Morgan fingerprint density at radius 2 is 1.88 bits per heavy atom. The number of aromatic nitrogens is 1. The highest BCUT2D eigenvalue weighted by Crippen LogP contribution is 2.47. The van der Waals surface area contributed by atoms with Crippen LogP contribution in [0.2, 0.25) is 0 Å². The lowest BCUT2D eigenvalue weighted by molar-refractivity contribution is -0.106. The van der Waals surface area contributed by atoms with E-state index in [9.17, 15) is 10.2 Å². The predicted molar refractivity (Wildman–Crippen MR) is 125 cm³/mol. The van der Waals surface area contributed by atoms with E-state index in [2.05, 4.69) is 43.1 Å². The summed E-state index contributed by atoms with van der Waals surface area (Å²) in [6.07, 6.45) is 1.94. The highest BCUT2D eigenvalue weighted by Gasteiger charge is 2.43. The Bertz CT molecular complexity index is 1070. The van der Waals surface area contributed by atoms with Crippen LogP contribution in [0.15, 0.2) is 46.9 Å². The van der Waals surface area contributed by atoms with Gasteiger partial charge in [0, 0.05) is 23.3 Å². The maximum atomic E-state index is 9.87. The first-order valence-electron chi connectivity index (χ1n) is 11.5. The van der Waals surface area contributed by atoms with Crippen LogP contribution in [0, 0.1) is 19.8 Å². The molecular weight excluding hydrogens is 402 g/mol. The summed E-state index contributed by atoms with van der Waals surface area (Å²) in [5.41, 5.74) is 5.32. The van der Waals surface area contributed by atoms with Gasteiger partial charge in [-0.25, -0.2) is 4.98 Å².